The third-order valence-corrected chi connectivity index (χ3v) is 2.25. The zero-order valence-electron chi connectivity index (χ0n) is 9.65. The Kier molecular flexibility index (Phi) is 3.77. The summed E-state index contributed by atoms with van der Waals surface area (Å²) in [5.41, 5.74) is 2.92. The Labute approximate surface area is 107 Å². The van der Waals surface area contributed by atoms with Crippen LogP contribution in [0, 0.1) is 15.9 Å². The summed E-state index contributed by atoms with van der Waals surface area (Å²) in [4.78, 5) is 10.1. The van der Waals surface area contributed by atoms with Gasteiger partial charge in [-0.1, -0.05) is 23.4 Å². The summed E-state index contributed by atoms with van der Waals surface area (Å²) in [6.07, 6.45) is 0. The molecular weight excluding hydrogens is 251 g/mol. The predicted octanol–water partition coefficient (Wildman–Crippen LogP) is 3.84. The van der Waals surface area contributed by atoms with Gasteiger partial charge in [0.2, 0.25) is 0 Å². The van der Waals surface area contributed by atoms with Crippen molar-refractivity contribution in [2.24, 2.45) is 10.3 Å². The summed E-state index contributed by atoms with van der Waals surface area (Å²) in [6, 6.07) is 11.7. The van der Waals surface area contributed by atoms with E-state index in [9.17, 15) is 14.5 Å². The maximum Gasteiger partial charge on any atom is 0.271 e. The molecule has 1 N–H and O–H groups in total. The normalized spacial score (nSPS) is 10.6. The average molecular weight is 260 g/mol. The van der Waals surface area contributed by atoms with Crippen LogP contribution in [0.25, 0.3) is 0 Å². The van der Waals surface area contributed by atoms with E-state index in [-0.39, 0.29) is 11.4 Å². The average Bonchev–Trinajstić information content (AvgIpc) is 2.41. The van der Waals surface area contributed by atoms with Crippen LogP contribution < -0.4 is 5.43 Å². The van der Waals surface area contributed by atoms with Gasteiger partial charge in [0.25, 0.3) is 5.69 Å². The van der Waals surface area contributed by atoms with Crippen molar-refractivity contribution < 1.29 is 9.31 Å². The Morgan fingerprint density at radius 2 is 1.95 bits per heavy atom. The number of hydrogen-bond acceptors (Lipinski definition) is 4. The van der Waals surface area contributed by atoms with Crippen molar-refractivity contribution in [1.82, 2.24) is 0 Å². The van der Waals surface area contributed by atoms with Crippen LogP contribution in [0.15, 0.2) is 58.9 Å². The Morgan fingerprint density at radius 1 is 1.16 bits per heavy atom. The van der Waals surface area contributed by atoms with Crippen molar-refractivity contribution >= 4 is 17.1 Å². The molecule has 6 nitrogen and oxygen atoms in total. The van der Waals surface area contributed by atoms with Crippen LogP contribution in [0.2, 0.25) is 0 Å². The van der Waals surface area contributed by atoms with Crippen LogP contribution in [0.5, 0.6) is 0 Å². The topological polar surface area (TPSA) is 79.9 Å². The predicted molar refractivity (Wildman–Crippen MR) is 67.6 cm³/mol. The Morgan fingerprint density at radius 3 is 2.68 bits per heavy atom. The van der Waals surface area contributed by atoms with Crippen LogP contribution in [-0.2, 0) is 0 Å². The summed E-state index contributed by atoms with van der Waals surface area (Å²) in [5.74, 6) is -0.493. The molecular formula is C12H9FN4O2. The van der Waals surface area contributed by atoms with E-state index < -0.39 is 10.7 Å². The molecule has 19 heavy (non-hydrogen) atoms. The zero-order chi connectivity index (χ0) is 13.7. The van der Waals surface area contributed by atoms with E-state index in [0.717, 1.165) is 0 Å². The Hall–Kier alpha value is -2.83. The summed E-state index contributed by atoms with van der Waals surface area (Å²) in [7, 11) is 0. The number of nitro groups is 1. The second-order valence-electron chi connectivity index (χ2n) is 3.57. The quantitative estimate of drug-likeness (QED) is 0.515. The van der Waals surface area contributed by atoms with E-state index in [1.165, 1.54) is 30.3 Å². The van der Waals surface area contributed by atoms with Gasteiger partial charge in [-0.05, 0) is 18.2 Å². The van der Waals surface area contributed by atoms with Crippen molar-refractivity contribution in [3.63, 3.8) is 0 Å². The number of nitrogens with one attached hydrogen (secondary N) is 1. The molecule has 0 saturated carbocycles. The SMILES string of the molecule is O=[N+]([O-])c1cccc(NN=Nc2ccccc2F)c1. The first-order valence-electron chi connectivity index (χ1n) is 5.32. The van der Waals surface area contributed by atoms with E-state index in [1.54, 1.807) is 18.2 Å². The summed E-state index contributed by atoms with van der Waals surface area (Å²) < 4.78 is 13.2. The van der Waals surface area contributed by atoms with Gasteiger partial charge in [0.05, 0.1) is 10.6 Å². The van der Waals surface area contributed by atoms with Gasteiger partial charge in [0.1, 0.15) is 5.69 Å². The molecule has 0 heterocycles. The van der Waals surface area contributed by atoms with Gasteiger partial charge in [-0.15, -0.1) is 5.11 Å². The molecule has 0 fully saturated rings. The van der Waals surface area contributed by atoms with Gasteiger partial charge in [0.15, 0.2) is 5.82 Å². The summed E-state index contributed by atoms with van der Waals surface area (Å²) >= 11 is 0. The van der Waals surface area contributed by atoms with Crippen molar-refractivity contribution in [3.8, 4) is 0 Å². The highest BCUT2D eigenvalue weighted by molar-refractivity contribution is 5.50. The number of halogens is 1. The number of rotatable bonds is 4. The second kappa shape index (κ2) is 5.67. The van der Waals surface area contributed by atoms with Crippen molar-refractivity contribution in [3.05, 3.63) is 64.5 Å². The molecule has 0 saturated heterocycles. The maximum atomic E-state index is 13.2. The highest BCUT2D eigenvalue weighted by Gasteiger charge is 2.04. The minimum absolute atomic E-state index is 0.0638. The lowest BCUT2D eigenvalue weighted by molar-refractivity contribution is -0.384. The number of nitro benzene ring substituents is 1. The van der Waals surface area contributed by atoms with Crippen LogP contribution >= 0.6 is 0 Å². The smallest absolute Gasteiger partial charge is 0.260 e. The summed E-state index contributed by atoms with van der Waals surface area (Å²) in [6.45, 7) is 0. The van der Waals surface area contributed by atoms with Crippen molar-refractivity contribution in [2.45, 2.75) is 0 Å². The lowest BCUT2D eigenvalue weighted by Crippen LogP contribution is -1.91. The molecule has 0 spiro atoms. The van der Waals surface area contributed by atoms with Crippen LogP contribution in [0.4, 0.5) is 21.5 Å². The molecule has 2 aromatic rings. The largest absolute Gasteiger partial charge is 0.271 e. The number of nitrogens with zero attached hydrogens (tertiary/aromatic N) is 3. The third kappa shape index (κ3) is 3.32. The molecule has 0 bridgehead atoms. The Bertz CT molecular complexity index is 631. The van der Waals surface area contributed by atoms with Gasteiger partial charge in [-0.2, -0.15) is 0 Å². The molecule has 7 heteroatoms. The standard InChI is InChI=1S/C12H9FN4O2/c13-11-6-1-2-7-12(11)15-16-14-9-4-3-5-10(8-9)17(18)19/h1-8H,(H,14,15). The van der Waals surface area contributed by atoms with Gasteiger partial charge in [-0.3, -0.25) is 15.5 Å². The fourth-order valence-electron chi connectivity index (χ4n) is 1.36. The fourth-order valence-corrected chi connectivity index (χ4v) is 1.36. The number of anilines is 1. The number of non-ortho nitro benzene ring substituents is 1. The van der Waals surface area contributed by atoms with Crippen molar-refractivity contribution in [1.29, 1.82) is 0 Å². The molecule has 0 aromatic heterocycles. The highest BCUT2D eigenvalue weighted by atomic mass is 19.1. The minimum Gasteiger partial charge on any atom is -0.260 e. The molecule has 0 atom stereocenters. The monoisotopic (exact) mass is 260 g/mol. The lowest BCUT2D eigenvalue weighted by Gasteiger charge is -1.99. The second-order valence-corrected chi connectivity index (χ2v) is 3.57. The van der Waals surface area contributed by atoms with Gasteiger partial charge >= 0.3 is 0 Å². The maximum absolute atomic E-state index is 13.2. The third-order valence-electron chi connectivity index (χ3n) is 2.25. The molecule has 0 radical (unpaired) electrons. The molecule has 2 aromatic carbocycles. The van der Waals surface area contributed by atoms with Gasteiger partial charge in [-0.25, -0.2) is 4.39 Å². The first-order chi connectivity index (χ1) is 9.16. The minimum atomic E-state index is -0.515. The first-order valence-corrected chi connectivity index (χ1v) is 5.32. The molecule has 0 unspecified atom stereocenters. The Balaban J connectivity index is 2.09. The summed E-state index contributed by atoms with van der Waals surface area (Å²) in [5, 5.41) is 17.8. The van der Waals surface area contributed by atoms with Crippen LogP contribution in [-0.4, -0.2) is 4.92 Å². The van der Waals surface area contributed by atoms with E-state index >= 15 is 0 Å². The molecule has 0 amide bonds. The van der Waals surface area contributed by atoms with Crippen LogP contribution in [0.1, 0.15) is 0 Å². The molecule has 2 rings (SSSR count). The molecule has 0 aliphatic rings. The fraction of sp³-hybridized carbons (Fsp3) is 0. The van der Waals surface area contributed by atoms with E-state index in [0.29, 0.717) is 5.69 Å². The van der Waals surface area contributed by atoms with Crippen molar-refractivity contribution in [2.75, 3.05) is 5.43 Å². The van der Waals surface area contributed by atoms with Gasteiger partial charge < -0.3 is 0 Å². The number of hydrogen-bond donors (Lipinski definition) is 1. The van der Waals surface area contributed by atoms with E-state index in [1.807, 2.05) is 0 Å². The van der Waals surface area contributed by atoms with E-state index in [2.05, 4.69) is 15.8 Å². The molecule has 96 valence electrons. The molecule has 0 aliphatic heterocycles. The van der Waals surface area contributed by atoms with Crippen LogP contribution in [0.3, 0.4) is 0 Å². The zero-order valence-corrected chi connectivity index (χ0v) is 9.65. The van der Waals surface area contributed by atoms with E-state index in [4.69, 9.17) is 0 Å². The lowest BCUT2D eigenvalue weighted by atomic mass is 10.3. The number of benzene rings is 2. The molecule has 0 aliphatic carbocycles. The first kappa shape index (κ1) is 12.6. The highest BCUT2D eigenvalue weighted by Crippen LogP contribution is 2.19. The van der Waals surface area contributed by atoms with Gasteiger partial charge in [0, 0.05) is 12.1 Å².